The number of phenols is 1. The highest BCUT2D eigenvalue weighted by molar-refractivity contribution is 5.94. The molecule has 0 aromatic heterocycles. The van der Waals surface area contributed by atoms with Crippen LogP contribution in [-0.2, 0) is 6.42 Å². The van der Waals surface area contributed by atoms with E-state index >= 15 is 0 Å². The van der Waals surface area contributed by atoms with Gasteiger partial charge in [0.25, 0.3) is 5.91 Å². The van der Waals surface area contributed by atoms with Gasteiger partial charge in [-0.3, -0.25) is 4.79 Å². The lowest BCUT2D eigenvalue weighted by Gasteiger charge is -2.20. The van der Waals surface area contributed by atoms with Gasteiger partial charge in [0.15, 0.2) is 17.4 Å². The van der Waals surface area contributed by atoms with E-state index in [-0.39, 0.29) is 5.56 Å². The highest BCUT2D eigenvalue weighted by Crippen LogP contribution is 2.21. The Kier molecular flexibility index (Phi) is 5.28. The lowest BCUT2D eigenvalue weighted by Crippen LogP contribution is -2.42. The molecule has 0 heterocycles. The minimum Gasteiger partial charge on any atom is -0.503 e. The average Bonchev–Trinajstić information content (AvgIpc) is 2.52. The number of carbonyl (C=O) groups is 1. The van der Waals surface area contributed by atoms with E-state index in [4.69, 9.17) is 5.11 Å². The maximum atomic E-state index is 13.3. The molecule has 0 aliphatic heterocycles. The Morgan fingerprint density at radius 1 is 1.17 bits per heavy atom. The van der Waals surface area contributed by atoms with Crippen molar-refractivity contribution < 1.29 is 23.8 Å². The molecular formula is C17H17F2NO3. The van der Waals surface area contributed by atoms with Crippen molar-refractivity contribution in [2.75, 3.05) is 0 Å². The highest BCUT2D eigenvalue weighted by Gasteiger charge is 2.20. The molecule has 6 heteroatoms. The molecule has 0 saturated heterocycles. The third-order valence-corrected chi connectivity index (χ3v) is 3.50. The van der Waals surface area contributed by atoms with Gasteiger partial charge in [-0.2, -0.15) is 0 Å². The van der Waals surface area contributed by atoms with Gasteiger partial charge in [0.05, 0.1) is 12.1 Å². The first-order valence-electron chi connectivity index (χ1n) is 7.09. The minimum absolute atomic E-state index is 0.267. The van der Waals surface area contributed by atoms with Crippen LogP contribution >= 0.6 is 0 Å². The molecule has 2 atom stereocenters. The molecular weight excluding hydrogens is 304 g/mol. The number of rotatable bonds is 5. The minimum atomic E-state index is -1.22. The second-order valence-corrected chi connectivity index (χ2v) is 5.31. The second-order valence-electron chi connectivity index (χ2n) is 5.31. The summed E-state index contributed by atoms with van der Waals surface area (Å²) in [5, 5.41) is 21.6. The Morgan fingerprint density at radius 3 is 2.30 bits per heavy atom. The van der Waals surface area contributed by atoms with E-state index in [2.05, 4.69) is 5.32 Å². The predicted octanol–water partition coefficient (Wildman–Crippen LogP) is 2.39. The number of halogens is 2. The quantitative estimate of drug-likeness (QED) is 0.792. The summed E-state index contributed by atoms with van der Waals surface area (Å²) >= 11 is 0. The zero-order valence-corrected chi connectivity index (χ0v) is 12.5. The molecule has 4 nitrogen and oxygen atoms in total. The molecule has 0 radical (unpaired) electrons. The van der Waals surface area contributed by atoms with Crippen LogP contribution in [0.4, 0.5) is 8.78 Å². The zero-order chi connectivity index (χ0) is 17.0. The van der Waals surface area contributed by atoms with Crippen LogP contribution in [0.1, 0.15) is 22.8 Å². The highest BCUT2D eigenvalue weighted by atomic mass is 19.1. The van der Waals surface area contributed by atoms with Crippen molar-refractivity contribution in [1.29, 1.82) is 0 Å². The molecule has 0 aliphatic carbocycles. The molecule has 0 aliphatic rings. The largest absolute Gasteiger partial charge is 0.503 e. The van der Waals surface area contributed by atoms with Gasteiger partial charge in [0.1, 0.15) is 0 Å². The number of phenolic OH excluding ortho intramolecular Hbond substituents is 1. The lowest BCUT2D eigenvalue weighted by atomic mass is 10.0. The number of carbonyl (C=O) groups excluding carboxylic acids is 1. The van der Waals surface area contributed by atoms with Crippen molar-refractivity contribution in [1.82, 2.24) is 5.32 Å². The van der Waals surface area contributed by atoms with Gasteiger partial charge >= 0.3 is 0 Å². The van der Waals surface area contributed by atoms with Crippen molar-refractivity contribution >= 4 is 5.91 Å². The molecule has 0 bridgehead atoms. The number of nitrogens with one attached hydrogen (secondary N) is 1. The summed E-state index contributed by atoms with van der Waals surface area (Å²) in [5.74, 6) is -4.29. The number of aliphatic hydroxyl groups excluding tert-OH is 1. The molecule has 0 fully saturated rings. The topological polar surface area (TPSA) is 69.6 Å². The summed E-state index contributed by atoms with van der Waals surface area (Å²) in [7, 11) is 0. The number of amides is 1. The zero-order valence-electron chi connectivity index (χ0n) is 12.5. The Morgan fingerprint density at radius 2 is 1.74 bits per heavy atom. The van der Waals surface area contributed by atoms with Gasteiger partial charge in [-0.05, 0) is 24.6 Å². The first-order valence-corrected chi connectivity index (χ1v) is 7.09. The average molecular weight is 321 g/mol. The second kappa shape index (κ2) is 7.19. The molecule has 0 spiro atoms. The van der Waals surface area contributed by atoms with E-state index in [0.717, 1.165) is 17.7 Å². The van der Waals surface area contributed by atoms with Crippen LogP contribution in [-0.4, -0.2) is 28.3 Å². The van der Waals surface area contributed by atoms with Crippen LogP contribution < -0.4 is 5.32 Å². The van der Waals surface area contributed by atoms with Crippen molar-refractivity contribution in [3.8, 4) is 5.75 Å². The van der Waals surface area contributed by atoms with E-state index in [1.165, 1.54) is 0 Å². The first kappa shape index (κ1) is 16.9. The fraction of sp³-hybridized carbons (Fsp3) is 0.235. The molecule has 0 unspecified atom stereocenters. The Balaban J connectivity index is 2.02. The fourth-order valence-corrected chi connectivity index (χ4v) is 2.12. The van der Waals surface area contributed by atoms with Crippen LogP contribution in [0.3, 0.4) is 0 Å². The molecule has 2 aromatic carbocycles. The normalized spacial score (nSPS) is 13.4. The monoisotopic (exact) mass is 321 g/mol. The number of aromatic hydroxyl groups is 1. The predicted molar refractivity (Wildman–Crippen MR) is 81.1 cm³/mol. The number of hydrogen-bond acceptors (Lipinski definition) is 3. The van der Waals surface area contributed by atoms with Gasteiger partial charge in [-0.15, -0.1) is 0 Å². The summed E-state index contributed by atoms with van der Waals surface area (Å²) < 4.78 is 26.5. The molecule has 23 heavy (non-hydrogen) atoms. The van der Waals surface area contributed by atoms with Crippen LogP contribution in [0.2, 0.25) is 0 Å². The maximum absolute atomic E-state index is 13.3. The van der Waals surface area contributed by atoms with E-state index in [1.807, 2.05) is 30.3 Å². The van der Waals surface area contributed by atoms with E-state index in [0.29, 0.717) is 6.42 Å². The van der Waals surface area contributed by atoms with Crippen molar-refractivity contribution in [3.05, 3.63) is 65.2 Å². The summed E-state index contributed by atoms with van der Waals surface area (Å²) in [4.78, 5) is 12.0. The van der Waals surface area contributed by atoms with Crippen LogP contribution in [0, 0.1) is 11.6 Å². The van der Waals surface area contributed by atoms with Gasteiger partial charge in [0.2, 0.25) is 0 Å². The van der Waals surface area contributed by atoms with Gasteiger partial charge in [-0.1, -0.05) is 30.3 Å². The number of hydrogen-bond donors (Lipinski definition) is 3. The van der Waals surface area contributed by atoms with E-state index in [9.17, 15) is 18.7 Å². The smallest absolute Gasteiger partial charge is 0.251 e. The Bertz CT molecular complexity index is 668. The number of aliphatic hydroxyl groups is 1. The first-order chi connectivity index (χ1) is 10.9. The summed E-state index contributed by atoms with van der Waals surface area (Å²) in [6, 6.07) is 10.1. The molecule has 3 N–H and O–H groups in total. The molecule has 1 amide bonds. The fourth-order valence-electron chi connectivity index (χ4n) is 2.12. The lowest BCUT2D eigenvalue weighted by molar-refractivity contribution is 0.0851. The molecule has 0 saturated carbocycles. The standard InChI is InChI=1S/C17H17F2NO3/c1-10(15(21)7-11-5-3-2-4-6-11)20-17(23)12-8-13(18)16(22)14(19)9-12/h2-6,8-10,15,21-22H,7H2,1H3,(H,20,23)/t10-,15+/m1/s1. The molecule has 2 rings (SSSR count). The SMILES string of the molecule is C[C@@H](NC(=O)c1cc(F)c(O)c(F)c1)[C@@H](O)Cc1ccccc1. The van der Waals surface area contributed by atoms with Crippen LogP contribution in [0.5, 0.6) is 5.75 Å². The Labute approximate surface area is 132 Å². The van der Waals surface area contributed by atoms with E-state index in [1.54, 1.807) is 6.92 Å². The van der Waals surface area contributed by atoms with Gasteiger partial charge in [0, 0.05) is 12.0 Å². The third kappa shape index (κ3) is 4.26. The van der Waals surface area contributed by atoms with Gasteiger partial charge < -0.3 is 15.5 Å². The molecule has 2 aromatic rings. The van der Waals surface area contributed by atoms with Crippen molar-refractivity contribution in [2.45, 2.75) is 25.5 Å². The van der Waals surface area contributed by atoms with Crippen LogP contribution in [0.25, 0.3) is 0 Å². The van der Waals surface area contributed by atoms with Crippen molar-refractivity contribution in [2.24, 2.45) is 0 Å². The van der Waals surface area contributed by atoms with E-state index < -0.39 is 35.4 Å². The summed E-state index contributed by atoms with van der Waals surface area (Å²) in [5.41, 5.74) is 0.638. The molecule has 122 valence electrons. The van der Waals surface area contributed by atoms with Crippen LogP contribution in [0.15, 0.2) is 42.5 Å². The third-order valence-electron chi connectivity index (χ3n) is 3.50. The Hall–Kier alpha value is -2.47. The van der Waals surface area contributed by atoms with Gasteiger partial charge in [-0.25, -0.2) is 8.78 Å². The summed E-state index contributed by atoms with van der Waals surface area (Å²) in [6.07, 6.45) is -0.520. The van der Waals surface area contributed by atoms with Crippen molar-refractivity contribution in [3.63, 3.8) is 0 Å². The maximum Gasteiger partial charge on any atom is 0.251 e. The number of benzene rings is 2. The summed E-state index contributed by atoms with van der Waals surface area (Å²) in [6.45, 7) is 1.60.